The first-order valence-electron chi connectivity index (χ1n) is 15.7. The highest BCUT2D eigenvalue weighted by atomic mass is 127. The largest absolute Gasteiger partial charge is 0.508 e. The molecule has 1 unspecified atom stereocenters. The van der Waals surface area contributed by atoms with Gasteiger partial charge in [0, 0.05) is 33.7 Å². The van der Waals surface area contributed by atoms with Crippen LogP contribution in [0.15, 0.2) is 72.8 Å². The first-order valence-corrected chi connectivity index (χ1v) is 20.8. The Labute approximate surface area is 278 Å². The normalized spacial score (nSPS) is 18.4. The molecular formula is C38H43IN2O3Si. The molecule has 6 rings (SSSR count). The number of rotatable bonds is 5. The number of hydrogen-bond acceptors (Lipinski definition) is 4. The summed E-state index contributed by atoms with van der Waals surface area (Å²) in [5, 5.41) is 23.8. The standard InChI is InChI=1S/C38H43IN2O3Si/c1-9-41-38(4,5)22-24(3)31-20-32-35(21-33(31)39-41)45(7,8)34-19-27(40(6)26-11-14-28(42)15-12-26)13-17-30(34)36(32)29-16-10-25(37(43)44)18-23(29)2/h10-21,24,42H,9,22H2,1-8H3,(H,43,44). The number of aryl methyl sites for hydroxylation is 1. The predicted molar refractivity (Wildman–Crippen MR) is 198 cm³/mol. The molecule has 2 N–H and O–H groups in total. The van der Waals surface area contributed by atoms with E-state index in [0.717, 1.165) is 35.5 Å². The Morgan fingerprint density at radius 3 is 2.29 bits per heavy atom. The average molecular weight is 731 g/mol. The molecule has 0 saturated heterocycles. The van der Waals surface area contributed by atoms with E-state index in [4.69, 9.17) is 0 Å². The molecule has 0 radical (unpaired) electrons. The van der Waals surface area contributed by atoms with Crippen molar-refractivity contribution in [3.05, 3.63) is 109 Å². The van der Waals surface area contributed by atoms with Crippen LogP contribution >= 0.6 is 21.0 Å². The van der Waals surface area contributed by atoms with E-state index in [1.54, 1.807) is 21.4 Å². The highest BCUT2D eigenvalue weighted by molar-refractivity contribution is 14.1. The third-order valence-electron chi connectivity index (χ3n) is 9.86. The van der Waals surface area contributed by atoms with E-state index >= 15 is 0 Å². The van der Waals surface area contributed by atoms with Crippen molar-refractivity contribution < 1.29 is 15.0 Å². The molecule has 5 nitrogen and oxygen atoms in total. The van der Waals surface area contributed by atoms with E-state index in [1.807, 2.05) is 31.2 Å². The van der Waals surface area contributed by atoms with E-state index in [-0.39, 0.29) is 32.3 Å². The second-order valence-electron chi connectivity index (χ2n) is 13.7. The number of carboxylic acids is 1. The summed E-state index contributed by atoms with van der Waals surface area (Å²) in [5.41, 5.74) is 8.61. The van der Waals surface area contributed by atoms with Crippen LogP contribution < -0.4 is 20.5 Å². The highest BCUT2D eigenvalue weighted by Crippen LogP contribution is 2.40. The van der Waals surface area contributed by atoms with Gasteiger partial charge in [-0.3, -0.25) is 0 Å². The lowest BCUT2D eigenvalue weighted by molar-refractivity contribution is 0.0696. The quantitative estimate of drug-likeness (QED) is 0.128. The Balaban J connectivity index is 1.67. The number of anilines is 2. The summed E-state index contributed by atoms with van der Waals surface area (Å²) in [6.07, 6.45) is 1.12. The van der Waals surface area contributed by atoms with Gasteiger partial charge in [0.25, 0.3) is 0 Å². The monoisotopic (exact) mass is 730 g/mol. The maximum absolute atomic E-state index is 11.9. The van der Waals surface area contributed by atoms with Gasteiger partial charge in [-0.2, -0.15) is 0 Å². The Bertz CT molecular complexity index is 1970. The van der Waals surface area contributed by atoms with Crippen LogP contribution in [0.5, 0.6) is 5.75 Å². The first kappa shape index (κ1) is 31.7. The number of fused-ring (bicyclic) bond motifs is 3. The van der Waals surface area contributed by atoms with Gasteiger partial charge in [0.2, 0.25) is 0 Å². The molecule has 4 aromatic rings. The number of aromatic hydroxyl groups is 1. The number of phenolic OH excluding ortho intramolecular Hbond substituents is 1. The van der Waals surface area contributed by atoms with Crippen LogP contribution in [0.1, 0.15) is 72.6 Å². The molecular weight excluding hydrogens is 687 g/mol. The van der Waals surface area contributed by atoms with E-state index in [9.17, 15) is 15.0 Å². The Hall–Kier alpha value is -3.27. The second kappa shape index (κ2) is 11.5. The topological polar surface area (TPSA) is 64.0 Å². The van der Waals surface area contributed by atoms with E-state index in [0.29, 0.717) is 11.5 Å². The summed E-state index contributed by atoms with van der Waals surface area (Å²) in [7, 11) is -0.113. The molecule has 0 saturated carbocycles. The zero-order chi connectivity index (χ0) is 32.4. The third kappa shape index (κ3) is 5.46. The van der Waals surface area contributed by atoms with Crippen molar-refractivity contribution in [2.24, 2.45) is 0 Å². The van der Waals surface area contributed by atoms with Crippen LogP contribution in [0, 0.1) is 10.1 Å². The van der Waals surface area contributed by atoms with Crippen LogP contribution in [0.3, 0.4) is 0 Å². The van der Waals surface area contributed by atoms with Gasteiger partial charge in [0.05, 0.1) is 5.56 Å². The third-order valence-corrected chi connectivity index (χ3v) is 17.4. The maximum Gasteiger partial charge on any atom is 0.335 e. The average Bonchev–Trinajstić information content (AvgIpc) is 3.09. The lowest BCUT2D eigenvalue weighted by atomic mass is 9.85. The molecule has 45 heavy (non-hydrogen) atoms. The van der Waals surface area contributed by atoms with Crippen molar-refractivity contribution in [2.75, 3.05) is 18.5 Å². The summed E-state index contributed by atoms with van der Waals surface area (Å²) in [6, 6.07) is 24.9. The van der Waals surface area contributed by atoms with Crippen molar-refractivity contribution in [1.29, 1.82) is 0 Å². The van der Waals surface area contributed by atoms with Crippen LogP contribution in [0.25, 0.3) is 5.57 Å². The predicted octanol–water partition coefficient (Wildman–Crippen LogP) is 7.29. The highest BCUT2D eigenvalue weighted by Gasteiger charge is 2.38. The van der Waals surface area contributed by atoms with Crippen molar-refractivity contribution in [1.82, 2.24) is 3.11 Å². The molecule has 2 aliphatic rings. The SMILES string of the molecule is CCN1I=c2cc3c(cc2C(C)CC1(C)C)=C(c1ccc(C(=O)O)cc1C)c1ccc(N(C)c2ccc(O)cc2)cc1[Si]3(C)C. The van der Waals surface area contributed by atoms with E-state index < -0.39 is 14.0 Å². The Kier molecular flexibility index (Phi) is 8.11. The molecule has 0 aromatic heterocycles. The summed E-state index contributed by atoms with van der Waals surface area (Å²) in [6.45, 7) is 17.6. The van der Waals surface area contributed by atoms with Gasteiger partial charge in [-0.25, -0.2) is 7.91 Å². The van der Waals surface area contributed by atoms with Crippen molar-refractivity contribution >= 4 is 62.4 Å². The maximum atomic E-state index is 11.9. The molecule has 7 heteroatoms. The molecule has 0 fully saturated rings. The van der Waals surface area contributed by atoms with Gasteiger partial charge in [-0.05, 0) is 158 Å². The number of carbonyl (C=O) groups is 1. The second-order valence-corrected chi connectivity index (χ2v) is 20.9. The number of nitrogens with zero attached hydrogens (tertiary/aromatic N) is 2. The molecule has 0 bridgehead atoms. The lowest BCUT2D eigenvalue weighted by Crippen LogP contribution is -2.62. The summed E-state index contributed by atoms with van der Waals surface area (Å²) in [5.74, 6) is -0.200. The molecule has 4 aromatic carbocycles. The summed E-state index contributed by atoms with van der Waals surface area (Å²) >= 11 is -0.329. The molecule has 2 heterocycles. The fourth-order valence-electron chi connectivity index (χ4n) is 7.39. The van der Waals surface area contributed by atoms with Gasteiger partial charge in [-0.1, -0.05) is 39.1 Å². The number of benzene rings is 4. The fraction of sp³-hybridized carbons (Fsp3) is 0.316. The first-order chi connectivity index (χ1) is 21.2. The molecule has 1 atom stereocenters. The molecule has 234 valence electrons. The molecule has 2 aliphatic heterocycles. The zero-order valence-corrected chi connectivity index (χ0v) is 30.7. The van der Waals surface area contributed by atoms with Crippen LogP contribution in [0.4, 0.5) is 11.4 Å². The number of aromatic carboxylic acids is 1. The Morgan fingerprint density at radius 1 is 0.978 bits per heavy atom. The van der Waals surface area contributed by atoms with E-state index in [2.05, 4.69) is 86.2 Å². The van der Waals surface area contributed by atoms with Gasteiger partial charge >= 0.3 is 5.97 Å². The van der Waals surface area contributed by atoms with Gasteiger partial charge in [0.1, 0.15) is 13.8 Å². The minimum absolute atomic E-state index is 0.153. The van der Waals surface area contributed by atoms with Crippen molar-refractivity contribution in [3.8, 4) is 5.75 Å². The lowest BCUT2D eigenvalue weighted by Gasteiger charge is -2.35. The number of hydrogen-bond donors (Lipinski definition) is 2. The number of phenols is 1. The van der Waals surface area contributed by atoms with Crippen molar-refractivity contribution in [3.63, 3.8) is 0 Å². The van der Waals surface area contributed by atoms with Crippen LogP contribution in [-0.2, 0) is 0 Å². The van der Waals surface area contributed by atoms with E-state index in [1.165, 1.54) is 32.3 Å². The summed E-state index contributed by atoms with van der Waals surface area (Å²) < 4.78 is 4.28. The van der Waals surface area contributed by atoms with Gasteiger partial charge in [0.15, 0.2) is 0 Å². The molecule has 0 aliphatic carbocycles. The van der Waals surface area contributed by atoms with Crippen molar-refractivity contribution in [2.45, 2.75) is 65.6 Å². The van der Waals surface area contributed by atoms with Gasteiger partial charge in [-0.15, -0.1) is 0 Å². The minimum Gasteiger partial charge on any atom is -0.508 e. The van der Waals surface area contributed by atoms with Crippen LogP contribution in [-0.4, -0.2) is 46.5 Å². The number of halogens is 1. The smallest absolute Gasteiger partial charge is 0.335 e. The molecule has 0 amide bonds. The minimum atomic E-state index is -2.19. The Morgan fingerprint density at radius 2 is 1.64 bits per heavy atom. The van der Waals surface area contributed by atoms with Crippen LogP contribution in [0.2, 0.25) is 13.1 Å². The zero-order valence-electron chi connectivity index (χ0n) is 27.5. The fourth-order valence-corrected chi connectivity index (χ4v) is 14.0. The van der Waals surface area contributed by atoms with Gasteiger partial charge < -0.3 is 15.1 Å². The summed E-state index contributed by atoms with van der Waals surface area (Å²) in [4.78, 5) is 14.1. The number of carboxylic acid groups (broad SMARTS) is 1. The molecule has 0 spiro atoms.